The molecule has 0 aromatic carbocycles. The van der Waals surface area contributed by atoms with Gasteiger partial charge >= 0.3 is 0 Å². The SMILES string of the molecule is CCCCCCCc1cc(-c2ccncc2)ccn1. The van der Waals surface area contributed by atoms with E-state index in [-0.39, 0.29) is 0 Å². The van der Waals surface area contributed by atoms with E-state index in [4.69, 9.17) is 0 Å². The van der Waals surface area contributed by atoms with Crippen LogP contribution in [0.3, 0.4) is 0 Å². The van der Waals surface area contributed by atoms with Gasteiger partial charge in [0.25, 0.3) is 0 Å². The molecule has 0 saturated carbocycles. The second kappa shape index (κ2) is 7.67. The smallest absolute Gasteiger partial charge is 0.0409 e. The van der Waals surface area contributed by atoms with Gasteiger partial charge < -0.3 is 0 Å². The highest BCUT2D eigenvalue weighted by Gasteiger charge is 2.00. The fourth-order valence-electron chi connectivity index (χ4n) is 2.25. The molecular formula is C17H22N2. The van der Waals surface area contributed by atoms with Gasteiger partial charge in [0.1, 0.15) is 0 Å². The highest BCUT2D eigenvalue weighted by Crippen LogP contribution is 2.19. The highest BCUT2D eigenvalue weighted by atomic mass is 14.7. The maximum Gasteiger partial charge on any atom is 0.0409 e. The molecule has 0 aliphatic carbocycles. The molecule has 2 rings (SSSR count). The predicted molar refractivity (Wildman–Crippen MR) is 79.9 cm³/mol. The lowest BCUT2D eigenvalue weighted by Gasteiger charge is -2.05. The molecule has 0 saturated heterocycles. The summed E-state index contributed by atoms with van der Waals surface area (Å²) in [6.07, 6.45) is 13.2. The van der Waals surface area contributed by atoms with Gasteiger partial charge in [0, 0.05) is 24.3 Å². The number of aryl methyl sites for hydroxylation is 1. The quantitative estimate of drug-likeness (QED) is 0.672. The molecular weight excluding hydrogens is 232 g/mol. The minimum absolute atomic E-state index is 1.09. The number of nitrogens with zero attached hydrogens (tertiary/aromatic N) is 2. The first-order valence-corrected chi connectivity index (χ1v) is 7.25. The molecule has 2 nitrogen and oxygen atoms in total. The van der Waals surface area contributed by atoms with Crippen molar-refractivity contribution in [3.8, 4) is 11.1 Å². The van der Waals surface area contributed by atoms with Gasteiger partial charge in [0.15, 0.2) is 0 Å². The third-order valence-corrected chi connectivity index (χ3v) is 3.37. The Bertz CT molecular complexity index is 480. The molecule has 0 unspecified atom stereocenters. The van der Waals surface area contributed by atoms with Crippen LogP contribution in [-0.4, -0.2) is 9.97 Å². The van der Waals surface area contributed by atoms with Crippen LogP contribution < -0.4 is 0 Å². The fourth-order valence-corrected chi connectivity index (χ4v) is 2.25. The molecule has 0 fully saturated rings. The molecule has 2 heterocycles. The van der Waals surface area contributed by atoms with Crippen molar-refractivity contribution in [2.75, 3.05) is 0 Å². The Balaban J connectivity index is 1.92. The van der Waals surface area contributed by atoms with Crippen molar-refractivity contribution in [3.63, 3.8) is 0 Å². The predicted octanol–water partition coefficient (Wildman–Crippen LogP) is 4.66. The molecule has 0 atom stereocenters. The number of aromatic nitrogens is 2. The minimum atomic E-state index is 1.09. The van der Waals surface area contributed by atoms with E-state index < -0.39 is 0 Å². The molecule has 0 spiro atoms. The lowest BCUT2D eigenvalue weighted by atomic mass is 10.0. The monoisotopic (exact) mass is 254 g/mol. The van der Waals surface area contributed by atoms with Crippen molar-refractivity contribution >= 4 is 0 Å². The maximum absolute atomic E-state index is 4.47. The molecule has 0 bridgehead atoms. The molecule has 0 amide bonds. The minimum Gasteiger partial charge on any atom is -0.265 e. The summed E-state index contributed by atoms with van der Waals surface area (Å²) >= 11 is 0. The van der Waals surface area contributed by atoms with E-state index in [1.165, 1.54) is 48.9 Å². The van der Waals surface area contributed by atoms with Gasteiger partial charge in [-0.25, -0.2) is 0 Å². The Kier molecular flexibility index (Phi) is 5.54. The first-order chi connectivity index (χ1) is 9.40. The first kappa shape index (κ1) is 13.7. The average molecular weight is 254 g/mol. The van der Waals surface area contributed by atoms with E-state index in [0.29, 0.717) is 0 Å². The molecule has 100 valence electrons. The summed E-state index contributed by atoms with van der Waals surface area (Å²) in [4.78, 5) is 8.52. The molecule has 0 aliphatic heterocycles. The Hall–Kier alpha value is -1.70. The molecule has 2 heteroatoms. The van der Waals surface area contributed by atoms with E-state index in [1.807, 2.05) is 30.7 Å². The summed E-state index contributed by atoms with van der Waals surface area (Å²) in [5.74, 6) is 0. The van der Waals surface area contributed by atoms with E-state index in [0.717, 1.165) is 6.42 Å². The lowest BCUT2D eigenvalue weighted by Crippen LogP contribution is -1.91. The number of hydrogen-bond acceptors (Lipinski definition) is 2. The summed E-state index contributed by atoms with van der Waals surface area (Å²) < 4.78 is 0. The lowest BCUT2D eigenvalue weighted by molar-refractivity contribution is 0.628. The van der Waals surface area contributed by atoms with Crippen LogP contribution in [0.4, 0.5) is 0 Å². The zero-order valence-corrected chi connectivity index (χ0v) is 11.7. The van der Waals surface area contributed by atoms with Crippen molar-refractivity contribution in [3.05, 3.63) is 48.5 Å². The van der Waals surface area contributed by atoms with Crippen LogP contribution in [0.5, 0.6) is 0 Å². The molecule has 0 aliphatic rings. The summed E-state index contributed by atoms with van der Waals surface area (Å²) in [5, 5.41) is 0. The third kappa shape index (κ3) is 4.47. The summed E-state index contributed by atoms with van der Waals surface area (Å²) in [5.41, 5.74) is 3.65. The molecule has 2 aromatic heterocycles. The second-order valence-electron chi connectivity index (χ2n) is 4.94. The van der Waals surface area contributed by atoms with Crippen molar-refractivity contribution in [2.24, 2.45) is 0 Å². The number of unbranched alkanes of at least 4 members (excludes halogenated alkanes) is 4. The van der Waals surface area contributed by atoms with E-state index in [2.05, 4.69) is 29.0 Å². The largest absolute Gasteiger partial charge is 0.265 e. The van der Waals surface area contributed by atoms with Crippen molar-refractivity contribution < 1.29 is 0 Å². The second-order valence-corrected chi connectivity index (χ2v) is 4.94. The Morgan fingerprint density at radius 1 is 0.842 bits per heavy atom. The van der Waals surface area contributed by atoms with Crippen LogP contribution in [-0.2, 0) is 6.42 Å². The fraction of sp³-hybridized carbons (Fsp3) is 0.412. The average Bonchev–Trinajstić information content (AvgIpc) is 2.48. The van der Waals surface area contributed by atoms with Crippen LogP contribution in [0.2, 0.25) is 0 Å². The van der Waals surface area contributed by atoms with Gasteiger partial charge in [0.05, 0.1) is 0 Å². The highest BCUT2D eigenvalue weighted by molar-refractivity contribution is 5.62. The Labute approximate surface area is 115 Å². The van der Waals surface area contributed by atoms with Crippen LogP contribution in [0.25, 0.3) is 11.1 Å². The number of rotatable bonds is 7. The van der Waals surface area contributed by atoms with Gasteiger partial charge in [0.2, 0.25) is 0 Å². The van der Waals surface area contributed by atoms with Crippen LogP contribution in [0.1, 0.15) is 44.7 Å². The molecule has 0 N–H and O–H groups in total. The van der Waals surface area contributed by atoms with Gasteiger partial charge in [-0.15, -0.1) is 0 Å². The Morgan fingerprint density at radius 3 is 2.37 bits per heavy atom. The Morgan fingerprint density at radius 2 is 1.58 bits per heavy atom. The molecule has 2 aromatic rings. The molecule has 19 heavy (non-hydrogen) atoms. The zero-order valence-electron chi connectivity index (χ0n) is 11.7. The zero-order chi connectivity index (χ0) is 13.3. The van der Waals surface area contributed by atoms with Gasteiger partial charge in [-0.2, -0.15) is 0 Å². The van der Waals surface area contributed by atoms with Crippen LogP contribution in [0.15, 0.2) is 42.9 Å². The van der Waals surface area contributed by atoms with Gasteiger partial charge in [-0.3, -0.25) is 9.97 Å². The summed E-state index contributed by atoms with van der Waals surface area (Å²) in [6.45, 7) is 2.25. The van der Waals surface area contributed by atoms with Gasteiger partial charge in [-0.05, 0) is 48.2 Å². The third-order valence-electron chi connectivity index (χ3n) is 3.37. The summed E-state index contributed by atoms with van der Waals surface area (Å²) in [7, 11) is 0. The van der Waals surface area contributed by atoms with Crippen LogP contribution >= 0.6 is 0 Å². The molecule has 0 radical (unpaired) electrons. The van der Waals surface area contributed by atoms with Gasteiger partial charge in [-0.1, -0.05) is 32.6 Å². The topological polar surface area (TPSA) is 25.8 Å². The number of hydrogen-bond donors (Lipinski definition) is 0. The van der Waals surface area contributed by atoms with Crippen molar-refractivity contribution in [1.29, 1.82) is 0 Å². The maximum atomic E-state index is 4.47. The van der Waals surface area contributed by atoms with Crippen molar-refractivity contribution in [1.82, 2.24) is 9.97 Å². The normalized spacial score (nSPS) is 10.6. The standard InChI is InChI=1S/C17H22N2/c1-2-3-4-5-6-7-17-14-16(10-13-19-17)15-8-11-18-12-9-15/h8-14H,2-7H2,1H3. The van der Waals surface area contributed by atoms with Crippen LogP contribution in [0, 0.1) is 0 Å². The van der Waals surface area contributed by atoms with E-state index in [1.54, 1.807) is 0 Å². The van der Waals surface area contributed by atoms with E-state index in [9.17, 15) is 0 Å². The van der Waals surface area contributed by atoms with E-state index >= 15 is 0 Å². The summed E-state index contributed by atoms with van der Waals surface area (Å²) in [6, 6.07) is 8.35. The number of pyridine rings is 2. The first-order valence-electron chi connectivity index (χ1n) is 7.25. The van der Waals surface area contributed by atoms with Crippen molar-refractivity contribution in [2.45, 2.75) is 45.4 Å².